The zero-order valence-electron chi connectivity index (χ0n) is 16.7. The molecule has 0 spiro atoms. The Kier molecular flexibility index (Phi) is 3.23. The summed E-state index contributed by atoms with van der Waals surface area (Å²) >= 11 is 0. The number of rotatable bonds is 0. The number of allylic oxidation sites excluding steroid dienone is 1. The molecule has 0 atom stereocenters. The summed E-state index contributed by atoms with van der Waals surface area (Å²) in [6.07, 6.45) is 4.58. The number of para-hydroxylation sites is 1. The number of ketones is 1. The predicted octanol–water partition coefficient (Wildman–Crippen LogP) is 7.45. The van der Waals surface area contributed by atoms with Crippen LogP contribution in [0.2, 0.25) is 0 Å². The minimum atomic E-state index is 0.185. The summed E-state index contributed by atoms with van der Waals surface area (Å²) in [6.45, 7) is 0. The number of benzene rings is 5. The van der Waals surface area contributed by atoms with Gasteiger partial charge < -0.3 is 0 Å². The van der Waals surface area contributed by atoms with Gasteiger partial charge in [0.25, 0.3) is 0 Å². The lowest BCUT2D eigenvalue weighted by molar-refractivity contribution is 0.0994. The third kappa shape index (κ3) is 2.22. The van der Waals surface area contributed by atoms with E-state index in [1.807, 2.05) is 18.2 Å². The predicted molar refractivity (Wildman–Crippen MR) is 130 cm³/mol. The summed E-state index contributed by atoms with van der Waals surface area (Å²) in [4.78, 5) is 17.8. The van der Waals surface area contributed by atoms with Crippen molar-refractivity contribution in [3.05, 3.63) is 96.1 Å². The fourth-order valence-electron chi connectivity index (χ4n) is 5.19. The van der Waals surface area contributed by atoms with Crippen molar-refractivity contribution >= 4 is 66.0 Å². The summed E-state index contributed by atoms with van der Waals surface area (Å²) in [5.41, 5.74) is 3.86. The van der Waals surface area contributed by atoms with Crippen LogP contribution in [0.3, 0.4) is 0 Å². The number of hydrogen-bond acceptors (Lipinski definition) is 2. The van der Waals surface area contributed by atoms with E-state index in [1.54, 1.807) is 0 Å². The molecule has 0 aliphatic heterocycles. The first-order valence-electron chi connectivity index (χ1n) is 10.6. The van der Waals surface area contributed by atoms with E-state index in [9.17, 15) is 4.79 Å². The molecule has 6 aromatic rings. The summed E-state index contributed by atoms with van der Waals surface area (Å²) in [7, 11) is 0. The molecule has 0 unspecified atom stereocenters. The quantitative estimate of drug-likeness (QED) is 0.197. The summed E-state index contributed by atoms with van der Waals surface area (Å²) in [6, 6.07) is 27.5. The van der Waals surface area contributed by atoms with Crippen LogP contribution in [0.25, 0.3) is 60.2 Å². The topological polar surface area (TPSA) is 30.0 Å². The van der Waals surface area contributed by atoms with E-state index >= 15 is 0 Å². The molecule has 1 aliphatic carbocycles. The SMILES string of the molecule is O=C1CC=Cc2c1ccc1c3cc4ccccc4nc3c3c4ccccc4ccc3c21. The maximum Gasteiger partial charge on any atom is 0.167 e. The minimum Gasteiger partial charge on any atom is -0.294 e. The first-order chi connectivity index (χ1) is 15.3. The molecule has 7 rings (SSSR count). The third-order valence-corrected chi connectivity index (χ3v) is 6.58. The summed E-state index contributed by atoms with van der Waals surface area (Å²) in [5, 5.41) is 9.25. The highest BCUT2D eigenvalue weighted by molar-refractivity contribution is 6.33. The van der Waals surface area contributed by atoms with Gasteiger partial charge in [0.1, 0.15) is 0 Å². The molecule has 0 N–H and O–H groups in total. The zero-order valence-corrected chi connectivity index (χ0v) is 16.7. The molecular weight excluding hydrogens is 378 g/mol. The molecule has 144 valence electrons. The summed E-state index contributed by atoms with van der Waals surface area (Å²) in [5.74, 6) is 0.185. The Hall–Kier alpha value is -4.04. The van der Waals surface area contributed by atoms with Gasteiger partial charge in [-0.3, -0.25) is 4.79 Å². The van der Waals surface area contributed by atoms with Gasteiger partial charge in [-0.1, -0.05) is 78.9 Å². The Balaban J connectivity index is 1.85. The van der Waals surface area contributed by atoms with Crippen molar-refractivity contribution in [1.82, 2.24) is 4.98 Å². The molecule has 5 aromatic carbocycles. The van der Waals surface area contributed by atoms with E-state index in [-0.39, 0.29) is 5.78 Å². The molecule has 1 aliphatic rings. The number of carbonyl (C=O) groups is 1. The molecule has 31 heavy (non-hydrogen) atoms. The maximum absolute atomic E-state index is 12.7. The highest BCUT2D eigenvalue weighted by atomic mass is 16.1. The molecule has 0 bridgehead atoms. The van der Waals surface area contributed by atoms with Crippen LogP contribution >= 0.6 is 0 Å². The lowest BCUT2D eigenvalue weighted by Gasteiger charge is -2.18. The van der Waals surface area contributed by atoms with Gasteiger partial charge in [-0.15, -0.1) is 0 Å². The van der Waals surface area contributed by atoms with Crippen molar-refractivity contribution < 1.29 is 4.79 Å². The van der Waals surface area contributed by atoms with Gasteiger partial charge in [0.15, 0.2) is 5.78 Å². The van der Waals surface area contributed by atoms with E-state index in [4.69, 9.17) is 4.98 Å². The summed E-state index contributed by atoms with van der Waals surface area (Å²) < 4.78 is 0. The smallest absolute Gasteiger partial charge is 0.167 e. The van der Waals surface area contributed by atoms with Crippen LogP contribution in [0.1, 0.15) is 22.3 Å². The molecular formula is C29H17NO. The number of Topliss-reactive ketones (excluding diaryl/α,β-unsaturated/α-hetero) is 1. The number of pyridine rings is 1. The van der Waals surface area contributed by atoms with E-state index in [0.717, 1.165) is 54.5 Å². The molecule has 2 nitrogen and oxygen atoms in total. The zero-order chi connectivity index (χ0) is 20.5. The van der Waals surface area contributed by atoms with Gasteiger partial charge in [0, 0.05) is 28.1 Å². The second-order valence-corrected chi connectivity index (χ2v) is 8.27. The van der Waals surface area contributed by atoms with Crippen molar-refractivity contribution in [2.45, 2.75) is 6.42 Å². The highest BCUT2D eigenvalue weighted by Crippen LogP contribution is 2.42. The van der Waals surface area contributed by atoms with E-state index < -0.39 is 0 Å². The molecule has 0 fully saturated rings. The van der Waals surface area contributed by atoms with Gasteiger partial charge in [0.2, 0.25) is 0 Å². The third-order valence-electron chi connectivity index (χ3n) is 6.58. The van der Waals surface area contributed by atoms with E-state index in [2.05, 4.69) is 72.8 Å². The Morgan fingerprint density at radius 3 is 2.42 bits per heavy atom. The second kappa shape index (κ2) is 5.99. The molecule has 1 aromatic heterocycles. The Labute approximate surface area is 178 Å². The highest BCUT2D eigenvalue weighted by Gasteiger charge is 2.20. The molecule has 1 heterocycles. The number of hydrogen-bond donors (Lipinski definition) is 0. The van der Waals surface area contributed by atoms with Gasteiger partial charge >= 0.3 is 0 Å². The van der Waals surface area contributed by atoms with Crippen LogP contribution in [-0.2, 0) is 0 Å². The van der Waals surface area contributed by atoms with Crippen molar-refractivity contribution in [3.63, 3.8) is 0 Å². The normalized spacial score (nSPS) is 13.6. The van der Waals surface area contributed by atoms with Gasteiger partial charge in [-0.2, -0.15) is 0 Å². The fourth-order valence-corrected chi connectivity index (χ4v) is 5.19. The monoisotopic (exact) mass is 395 g/mol. The molecule has 2 heteroatoms. The lowest BCUT2D eigenvalue weighted by Crippen LogP contribution is -2.05. The Morgan fingerprint density at radius 1 is 0.677 bits per heavy atom. The average Bonchev–Trinajstić information content (AvgIpc) is 2.82. The van der Waals surface area contributed by atoms with E-state index in [0.29, 0.717) is 6.42 Å². The van der Waals surface area contributed by atoms with Gasteiger partial charge in [-0.25, -0.2) is 4.98 Å². The molecule has 0 radical (unpaired) electrons. The Morgan fingerprint density at radius 2 is 1.48 bits per heavy atom. The standard InChI is InChI=1S/C29H17NO/c31-26-11-5-9-21-20(26)14-15-22-24-16-18-7-2-4-10-25(18)30-29(24)28-19-8-3-1-6-17(19)12-13-23(28)27(21)22/h1-10,12-16H,11H2. The van der Waals surface area contributed by atoms with Crippen LogP contribution in [0.15, 0.2) is 84.9 Å². The number of fused-ring (bicyclic) bond motifs is 11. The first-order valence-corrected chi connectivity index (χ1v) is 10.6. The minimum absolute atomic E-state index is 0.185. The van der Waals surface area contributed by atoms with Crippen LogP contribution in [-0.4, -0.2) is 10.8 Å². The maximum atomic E-state index is 12.7. The first kappa shape index (κ1) is 16.7. The van der Waals surface area contributed by atoms with Crippen LogP contribution < -0.4 is 0 Å². The van der Waals surface area contributed by atoms with Crippen molar-refractivity contribution in [2.75, 3.05) is 0 Å². The number of carbonyl (C=O) groups excluding carboxylic acids is 1. The molecule has 0 saturated heterocycles. The van der Waals surface area contributed by atoms with Gasteiger partial charge in [0.05, 0.1) is 11.0 Å². The van der Waals surface area contributed by atoms with Crippen molar-refractivity contribution in [2.24, 2.45) is 0 Å². The average molecular weight is 395 g/mol. The second-order valence-electron chi connectivity index (χ2n) is 8.27. The van der Waals surface area contributed by atoms with Crippen LogP contribution in [0.5, 0.6) is 0 Å². The van der Waals surface area contributed by atoms with Gasteiger partial charge in [-0.05, 0) is 44.6 Å². The van der Waals surface area contributed by atoms with Crippen LogP contribution in [0.4, 0.5) is 0 Å². The van der Waals surface area contributed by atoms with Crippen molar-refractivity contribution in [3.8, 4) is 0 Å². The van der Waals surface area contributed by atoms with Crippen LogP contribution in [0, 0.1) is 0 Å². The largest absolute Gasteiger partial charge is 0.294 e. The fraction of sp³-hybridized carbons (Fsp3) is 0.0345. The number of nitrogens with zero attached hydrogens (tertiary/aromatic N) is 1. The molecule has 0 amide bonds. The molecule has 0 saturated carbocycles. The van der Waals surface area contributed by atoms with Crippen molar-refractivity contribution in [1.29, 1.82) is 0 Å². The lowest BCUT2D eigenvalue weighted by atomic mass is 9.86. The Bertz CT molecular complexity index is 1770. The number of aromatic nitrogens is 1. The van der Waals surface area contributed by atoms with E-state index in [1.165, 1.54) is 10.8 Å².